The Morgan fingerprint density at radius 2 is 1.02 bits per heavy atom. The number of hydrogen-bond donors (Lipinski definition) is 0. The Kier molecular flexibility index (Phi) is 8.40. The van der Waals surface area contributed by atoms with Crippen LogP contribution in [0.5, 0.6) is 0 Å². The van der Waals surface area contributed by atoms with Crippen LogP contribution in [0, 0.1) is 0 Å². The van der Waals surface area contributed by atoms with Gasteiger partial charge in [-0.15, -0.1) is 0 Å². The second-order valence-electron chi connectivity index (χ2n) is 15.8. The van der Waals surface area contributed by atoms with E-state index in [0.717, 1.165) is 23.5 Å². The lowest BCUT2D eigenvalue weighted by atomic mass is 9.67. The molecule has 0 spiro atoms. The van der Waals surface area contributed by atoms with E-state index in [1.807, 2.05) is 0 Å². The van der Waals surface area contributed by atoms with Crippen LogP contribution in [0.25, 0.3) is 44.2 Å². The van der Waals surface area contributed by atoms with Gasteiger partial charge in [-0.1, -0.05) is 182 Å². The second-order valence-corrected chi connectivity index (χ2v) is 15.8. The summed E-state index contributed by atoms with van der Waals surface area (Å²) in [5, 5.41) is 2.54. The summed E-state index contributed by atoms with van der Waals surface area (Å²) in [6.45, 7) is 0. The third kappa shape index (κ3) is 5.45. The molecular formula is C57H43N. The summed E-state index contributed by atoms with van der Waals surface area (Å²) < 4.78 is 0. The zero-order chi connectivity index (χ0) is 38.5. The normalized spacial score (nSPS) is 13.7. The lowest BCUT2D eigenvalue weighted by Gasteiger charge is -2.35. The van der Waals surface area contributed by atoms with Crippen LogP contribution in [0.3, 0.4) is 0 Å². The van der Waals surface area contributed by atoms with Gasteiger partial charge in [0.05, 0.1) is 11.1 Å². The molecule has 2 aliphatic carbocycles. The Bertz CT molecular complexity index is 2890. The molecule has 0 atom stereocenters. The van der Waals surface area contributed by atoms with E-state index in [1.165, 1.54) is 96.8 Å². The summed E-state index contributed by atoms with van der Waals surface area (Å²) in [5.74, 6) is 0. The fourth-order valence-corrected chi connectivity index (χ4v) is 10.2. The molecule has 0 N–H and O–H groups in total. The smallest absolute Gasteiger partial charge is 0.0714 e. The van der Waals surface area contributed by atoms with Gasteiger partial charge in [0.25, 0.3) is 0 Å². The molecule has 0 unspecified atom stereocenters. The maximum Gasteiger partial charge on any atom is 0.0714 e. The number of rotatable bonds is 7. The fourth-order valence-electron chi connectivity index (χ4n) is 10.2. The van der Waals surface area contributed by atoms with E-state index in [1.54, 1.807) is 0 Å². The predicted molar refractivity (Wildman–Crippen MR) is 243 cm³/mol. The molecule has 1 nitrogen and oxygen atoms in total. The maximum atomic E-state index is 2.49. The summed E-state index contributed by atoms with van der Waals surface area (Å²) in [5.41, 5.74) is 18.7. The minimum atomic E-state index is -0.534. The number of benzene rings is 9. The third-order valence-electron chi connectivity index (χ3n) is 12.7. The summed E-state index contributed by atoms with van der Waals surface area (Å²) >= 11 is 0. The molecule has 0 aromatic heterocycles. The van der Waals surface area contributed by atoms with Crippen LogP contribution in [-0.2, 0) is 18.3 Å². The minimum absolute atomic E-state index is 0.534. The molecule has 0 amide bonds. The molecule has 0 fully saturated rings. The Labute approximate surface area is 341 Å². The molecule has 2 aliphatic rings. The van der Waals surface area contributed by atoms with E-state index >= 15 is 0 Å². The van der Waals surface area contributed by atoms with Crippen LogP contribution >= 0.6 is 0 Å². The van der Waals surface area contributed by atoms with Gasteiger partial charge in [-0.2, -0.15) is 0 Å². The Balaban J connectivity index is 1.17. The largest absolute Gasteiger partial charge is 0.310 e. The first-order chi connectivity index (χ1) is 28.8. The van der Waals surface area contributed by atoms with Crippen molar-refractivity contribution < 1.29 is 0 Å². The van der Waals surface area contributed by atoms with Crippen molar-refractivity contribution in [3.8, 4) is 33.4 Å². The summed E-state index contributed by atoms with van der Waals surface area (Å²) in [4.78, 5) is 2.48. The minimum Gasteiger partial charge on any atom is -0.310 e. The van der Waals surface area contributed by atoms with Crippen molar-refractivity contribution >= 4 is 27.8 Å². The summed E-state index contributed by atoms with van der Waals surface area (Å²) in [7, 11) is 0. The van der Waals surface area contributed by atoms with Gasteiger partial charge in [-0.05, 0) is 128 Å². The zero-order valence-electron chi connectivity index (χ0n) is 32.5. The van der Waals surface area contributed by atoms with Crippen LogP contribution in [0.1, 0.15) is 46.2 Å². The Hall–Kier alpha value is -6.96. The molecule has 0 bridgehead atoms. The first kappa shape index (κ1) is 34.3. The average Bonchev–Trinajstić information content (AvgIpc) is 3.61. The number of aryl methyl sites for hydroxylation is 1. The number of fused-ring (bicyclic) bond motifs is 6. The molecule has 276 valence electrons. The zero-order valence-corrected chi connectivity index (χ0v) is 32.5. The van der Waals surface area contributed by atoms with Crippen molar-refractivity contribution in [2.45, 2.75) is 31.1 Å². The molecule has 0 aliphatic heterocycles. The maximum absolute atomic E-state index is 2.49. The van der Waals surface area contributed by atoms with Crippen molar-refractivity contribution in [1.29, 1.82) is 0 Å². The first-order valence-corrected chi connectivity index (χ1v) is 20.7. The number of nitrogens with zero attached hydrogens (tertiary/aromatic N) is 1. The highest BCUT2D eigenvalue weighted by Gasteiger charge is 2.47. The van der Waals surface area contributed by atoms with Crippen LogP contribution in [0.15, 0.2) is 212 Å². The molecule has 0 saturated carbocycles. The molecule has 58 heavy (non-hydrogen) atoms. The monoisotopic (exact) mass is 741 g/mol. The van der Waals surface area contributed by atoms with E-state index < -0.39 is 5.41 Å². The van der Waals surface area contributed by atoms with E-state index in [2.05, 4.69) is 217 Å². The van der Waals surface area contributed by atoms with Crippen molar-refractivity contribution in [3.63, 3.8) is 0 Å². The van der Waals surface area contributed by atoms with Gasteiger partial charge in [0, 0.05) is 16.9 Å². The SMILES string of the molecule is c1ccc(-c2ccccc2N(c2ccc(-c3cccc4c3CCCC4)cc2)c2ccc3c(c2)C(c2ccccc2)(c2ccccc2)c2ccc4ccccc4c2-3)cc1. The van der Waals surface area contributed by atoms with Gasteiger partial charge in [0.15, 0.2) is 0 Å². The van der Waals surface area contributed by atoms with Crippen molar-refractivity contribution in [1.82, 2.24) is 0 Å². The summed E-state index contributed by atoms with van der Waals surface area (Å²) in [6, 6.07) is 79.0. The second kappa shape index (κ2) is 14.2. The van der Waals surface area contributed by atoms with Gasteiger partial charge >= 0.3 is 0 Å². The molecule has 0 heterocycles. The summed E-state index contributed by atoms with van der Waals surface area (Å²) in [6.07, 6.45) is 4.87. The number of para-hydroxylation sites is 1. The highest BCUT2D eigenvalue weighted by molar-refractivity contribution is 6.05. The van der Waals surface area contributed by atoms with Crippen molar-refractivity contribution in [2.24, 2.45) is 0 Å². The number of hydrogen-bond acceptors (Lipinski definition) is 1. The quantitative estimate of drug-likeness (QED) is 0.157. The first-order valence-electron chi connectivity index (χ1n) is 20.7. The van der Waals surface area contributed by atoms with Crippen LogP contribution in [0.2, 0.25) is 0 Å². The molecule has 0 radical (unpaired) electrons. The molecule has 9 aromatic carbocycles. The van der Waals surface area contributed by atoms with Crippen LogP contribution < -0.4 is 4.90 Å². The van der Waals surface area contributed by atoms with Crippen LogP contribution in [0.4, 0.5) is 17.1 Å². The lowest BCUT2D eigenvalue weighted by Crippen LogP contribution is -2.28. The van der Waals surface area contributed by atoms with Crippen molar-refractivity contribution in [2.75, 3.05) is 4.90 Å². The van der Waals surface area contributed by atoms with E-state index in [0.29, 0.717) is 0 Å². The molecule has 11 rings (SSSR count). The van der Waals surface area contributed by atoms with Gasteiger partial charge in [-0.25, -0.2) is 0 Å². The highest BCUT2D eigenvalue weighted by Crippen LogP contribution is 2.59. The number of anilines is 3. The fraction of sp³-hybridized carbons (Fsp3) is 0.0877. The van der Waals surface area contributed by atoms with Crippen molar-refractivity contribution in [3.05, 3.63) is 246 Å². The Morgan fingerprint density at radius 1 is 0.397 bits per heavy atom. The highest BCUT2D eigenvalue weighted by atomic mass is 15.1. The third-order valence-corrected chi connectivity index (χ3v) is 12.7. The molecule has 1 heteroatoms. The topological polar surface area (TPSA) is 3.24 Å². The van der Waals surface area contributed by atoms with Gasteiger partial charge < -0.3 is 4.90 Å². The van der Waals surface area contributed by atoms with Crippen LogP contribution in [-0.4, -0.2) is 0 Å². The van der Waals surface area contributed by atoms with E-state index in [-0.39, 0.29) is 0 Å². The molecule has 0 saturated heterocycles. The van der Waals surface area contributed by atoms with Gasteiger partial charge in [0.2, 0.25) is 0 Å². The predicted octanol–water partition coefficient (Wildman–Crippen LogP) is 14.9. The molecular weight excluding hydrogens is 699 g/mol. The van der Waals surface area contributed by atoms with E-state index in [4.69, 9.17) is 0 Å². The average molecular weight is 742 g/mol. The van der Waals surface area contributed by atoms with E-state index in [9.17, 15) is 0 Å². The Morgan fingerprint density at radius 3 is 1.79 bits per heavy atom. The standard InChI is InChI=1S/C57H43N/c1-4-17-41(18-5-1)50-27-14-15-30-55(50)58(46-34-31-43(32-35-46)49-29-16-21-40-19-10-12-26-48(40)49)47-36-37-52-54(39-47)57(44-22-6-2-7-23-44,45-24-8-3-9-25-45)53-38-33-42-20-11-13-28-51(42)56(52)53/h1-9,11,13-18,20-25,27-39H,10,12,19,26H2. The molecule has 9 aromatic rings. The van der Waals surface area contributed by atoms with Gasteiger partial charge in [-0.3, -0.25) is 0 Å². The lowest BCUT2D eigenvalue weighted by molar-refractivity contribution is 0.687. The van der Waals surface area contributed by atoms with Gasteiger partial charge in [0.1, 0.15) is 0 Å².